The number of rotatable bonds is 3. The first kappa shape index (κ1) is 12.6. The molecule has 18 heavy (non-hydrogen) atoms. The maximum Gasteiger partial charge on any atom is 0.358 e. The molecule has 0 bridgehead atoms. The third-order valence-electron chi connectivity index (χ3n) is 3.20. The standard InChI is InChI=1S/C12H16N2O4/c1-17-11(15)9-7-10(12(16)18-2)14(13-9)8-5-3-4-6-8/h7-8H,3-6H2,1-2H3. The summed E-state index contributed by atoms with van der Waals surface area (Å²) in [6.45, 7) is 0. The van der Waals surface area contributed by atoms with E-state index in [1.807, 2.05) is 0 Å². The Morgan fingerprint density at radius 2 is 1.83 bits per heavy atom. The fourth-order valence-electron chi connectivity index (χ4n) is 2.28. The van der Waals surface area contributed by atoms with E-state index in [0.29, 0.717) is 5.69 Å². The van der Waals surface area contributed by atoms with Gasteiger partial charge in [-0.15, -0.1) is 0 Å². The predicted octanol–water partition coefficient (Wildman–Crippen LogP) is 1.57. The first-order valence-electron chi connectivity index (χ1n) is 5.93. The highest BCUT2D eigenvalue weighted by atomic mass is 16.5. The van der Waals surface area contributed by atoms with Crippen molar-refractivity contribution < 1.29 is 19.1 Å². The van der Waals surface area contributed by atoms with Gasteiger partial charge in [-0.3, -0.25) is 4.68 Å². The van der Waals surface area contributed by atoms with Crippen molar-refractivity contribution in [1.82, 2.24) is 9.78 Å². The van der Waals surface area contributed by atoms with E-state index in [2.05, 4.69) is 9.84 Å². The summed E-state index contributed by atoms with van der Waals surface area (Å²) in [6.07, 6.45) is 4.15. The monoisotopic (exact) mass is 252 g/mol. The van der Waals surface area contributed by atoms with Crippen molar-refractivity contribution in [2.24, 2.45) is 0 Å². The van der Waals surface area contributed by atoms with Gasteiger partial charge in [-0.1, -0.05) is 12.8 Å². The lowest BCUT2D eigenvalue weighted by Crippen LogP contribution is -2.15. The molecule has 6 heteroatoms. The lowest BCUT2D eigenvalue weighted by Gasteiger charge is -2.12. The Morgan fingerprint density at radius 1 is 1.22 bits per heavy atom. The van der Waals surface area contributed by atoms with Gasteiger partial charge in [0, 0.05) is 6.07 Å². The van der Waals surface area contributed by atoms with Gasteiger partial charge in [-0.2, -0.15) is 5.10 Å². The normalized spacial score (nSPS) is 15.7. The Hall–Kier alpha value is -1.85. The smallest absolute Gasteiger partial charge is 0.358 e. The first-order chi connectivity index (χ1) is 8.67. The minimum absolute atomic E-state index is 0.143. The Labute approximate surface area is 105 Å². The maximum atomic E-state index is 11.7. The van der Waals surface area contributed by atoms with Gasteiger partial charge in [0.05, 0.1) is 20.3 Å². The van der Waals surface area contributed by atoms with Gasteiger partial charge in [-0.25, -0.2) is 9.59 Å². The molecule has 0 amide bonds. The van der Waals surface area contributed by atoms with Crippen LogP contribution >= 0.6 is 0 Å². The number of carbonyl (C=O) groups excluding carboxylic acids is 2. The van der Waals surface area contributed by atoms with Crippen LogP contribution in [0.3, 0.4) is 0 Å². The molecule has 2 rings (SSSR count). The van der Waals surface area contributed by atoms with Crippen molar-refractivity contribution in [3.8, 4) is 0 Å². The molecule has 0 radical (unpaired) electrons. The zero-order valence-electron chi connectivity index (χ0n) is 10.5. The minimum atomic E-state index is -0.545. The molecule has 0 aromatic carbocycles. The number of esters is 2. The Kier molecular flexibility index (Phi) is 3.64. The second-order valence-electron chi connectivity index (χ2n) is 4.28. The summed E-state index contributed by atoms with van der Waals surface area (Å²) in [4.78, 5) is 23.1. The molecule has 1 saturated carbocycles. The Balaban J connectivity index is 2.38. The van der Waals surface area contributed by atoms with Crippen molar-refractivity contribution >= 4 is 11.9 Å². The molecule has 1 aliphatic carbocycles. The molecule has 0 N–H and O–H groups in total. The summed E-state index contributed by atoms with van der Waals surface area (Å²) in [7, 11) is 2.60. The van der Waals surface area contributed by atoms with Crippen LogP contribution < -0.4 is 0 Å². The quantitative estimate of drug-likeness (QED) is 0.764. The van der Waals surface area contributed by atoms with E-state index in [-0.39, 0.29) is 11.7 Å². The summed E-state index contributed by atoms with van der Waals surface area (Å²) >= 11 is 0. The number of methoxy groups -OCH3 is 2. The van der Waals surface area contributed by atoms with Gasteiger partial charge in [0.25, 0.3) is 0 Å². The van der Waals surface area contributed by atoms with E-state index in [4.69, 9.17) is 4.74 Å². The topological polar surface area (TPSA) is 70.4 Å². The van der Waals surface area contributed by atoms with Crippen molar-refractivity contribution in [1.29, 1.82) is 0 Å². The molecular weight excluding hydrogens is 236 g/mol. The summed E-state index contributed by atoms with van der Waals surface area (Å²) < 4.78 is 10.9. The molecule has 0 atom stereocenters. The van der Waals surface area contributed by atoms with Crippen LogP contribution in [0.1, 0.15) is 52.7 Å². The van der Waals surface area contributed by atoms with E-state index in [1.54, 1.807) is 4.68 Å². The lowest BCUT2D eigenvalue weighted by atomic mass is 10.2. The Morgan fingerprint density at radius 3 is 2.39 bits per heavy atom. The van der Waals surface area contributed by atoms with Gasteiger partial charge < -0.3 is 9.47 Å². The van der Waals surface area contributed by atoms with Gasteiger partial charge in [0.2, 0.25) is 0 Å². The van der Waals surface area contributed by atoms with Crippen LogP contribution in [0.15, 0.2) is 6.07 Å². The predicted molar refractivity (Wildman–Crippen MR) is 62.4 cm³/mol. The van der Waals surface area contributed by atoms with Crippen LogP contribution in [-0.4, -0.2) is 35.9 Å². The van der Waals surface area contributed by atoms with E-state index >= 15 is 0 Å². The van der Waals surface area contributed by atoms with Crippen molar-refractivity contribution in [3.63, 3.8) is 0 Å². The molecule has 1 fully saturated rings. The molecular formula is C12H16N2O4. The van der Waals surface area contributed by atoms with E-state index in [1.165, 1.54) is 20.3 Å². The van der Waals surface area contributed by atoms with Crippen molar-refractivity contribution in [3.05, 3.63) is 17.5 Å². The molecule has 1 heterocycles. The molecule has 98 valence electrons. The zero-order valence-corrected chi connectivity index (χ0v) is 10.5. The number of carbonyl (C=O) groups is 2. The summed E-state index contributed by atoms with van der Waals surface area (Å²) in [5.41, 5.74) is 0.453. The van der Waals surface area contributed by atoms with Crippen LogP contribution in [0.2, 0.25) is 0 Å². The van der Waals surface area contributed by atoms with Crippen LogP contribution in [0.25, 0.3) is 0 Å². The molecule has 0 aliphatic heterocycles. The number of aromatic nitrogens is 2. The molecule has 1 aromatic rings. The SMILES string of the molecule is COC(=O)c1cc(C(=O)OC)n(C2CCCC2)n1. The average Bonchev–Trinajstić information content (AvgIpc) is 3.04. The van der Waals surface area contributed by atoms with Gasteiger partial charge in [-0.05, 0) is 12.8 Å². The van der Waals surface area contributed by atoms with Gasteiger partial charge in [0.15, 0.2) is 5.69 Å². The van der Waals surface area contributed by atoms with Crippen molar-refractivity contribution in [2.75, 3.05) is 14.2 Å². The fourth-order valence-corrected chi connectivity index (χ4v) is 2.28. The average molecular weight is 252 g/mol. The third-order valence-corrected chi connectivity index (χ3v) is 3.20. The number of ether oxygens (including phenoxy) is 2. The summed E-state index contributed by atoms with van der Waals surface area (Å²) in [5, 5.41) is 4.17. The second kappa shape index (κ2) is 5.20. The zero-order chi connectivity index (χ0) is 13.1. The number of hydrogen-bond acceptors (Lipinski definition) is 5. The van der Waals surface area contributed by atoms with Crippen LogP contribution in [0.5, 0.6) is 0 Å². The molecule has 1 aromatic heterocycles. The molecule has 0 unspecified atom stereocenters. The highest BCUT2D eigenvalue weighted by Gasteiger charge is 2.26. The van der Waals surface area contributed by atoms with Crippen LogP contribution in [0, 0.1) is 0 Å². The van der Waals surface area contributed by atoms with E-state index in [9.17, 15) is 9.59 Å². The minimum Gasteiger partial charge on any atom is -0.464 e. The highest BCUT2D eigenvalue weighted by molar-refractivity contribution is 5.93. The van der Waals surface area contributed by atoms with E-state index < -0.39 is 11.9 Å². The van der Waals surface area contributed by atoms with Crippen LogP contribution in [0.4, 0.5) is 0 Å². The lowest BCUT2D eigenvalue weighted by molar-refractivity contribution is 0.0578. The molecule has 0 saturated heterocycles. The first-order valence-corrected chi connectivity index (χ1v) is 5.93. The fraction of sp³-hybridized carbons (Fsp3) is 0.583. The molecule has 1 aliphatic rings. The number of hydrogen-bond donors (Lipinski definition) is 0. The van der Waals surface area contributed by atoms with E-state index in [0.717, 1.165) is 25.7 Å². The molecule has 6 nitrogen and oxygen atoms in total. The molecule has 0 spiro atoms. The second-order valence-corrected chi connectivity index (χ2v) is 4.28. The Bertz CT molecular complexity index is 461. The van der Waals surface area contributed by atoms with Crippen molar-refractivity contribution in [2.45, 2.75) is 31.7 Å². The van der Waals surface area contributed by atoms with Crippen LogP contribution in [-0.2, 0) is 9.47 Å². The summed E-state index contributed by atoms with van der Waals surface area (Å²) in [6, 6.07) is 1.59. The number of nitrogens with zero attached hydrogens (tertiary/aromatic N) is 2. The maximum absolute atomic E-state index is 11.7. The highest BCUT2D eigenvalue weighted by Crippen LogP contribution is 2.30. The summed E-state index contributed by atoms with van der Waals surface area (Å²) in [5.74, 6) is -1.03. The third kappa shape index (κ3) is 2.23. The van der Waals surface area contributed by atoms with Gasteiger partial charge in [0.1, 0.15) is 5.69 Å². The largest absolute Gasteiger partial charge is 0.464 e. The van der Waals surface area contributed by atoms with Gasteiger partial charge >= 0.3 is 11.9 Å².